The average Bonchev–Trinajstić information content (AvgIpc) is 2.73. The number of rotatable bonds is 5. The van der Waals surface area contributed by atoms with Gasteiger partial charge in [0.05, 0.1) is 11.1 Å². The molecule has 0 N–H and O–H groups in total. The normalized spacial score (nSPS) is 18.0. The molecule has 134 valence electrons. The Kier molecular flexibility index (Phi) is 6.04. The van der Waals surface area contributed by atoms with E-state index in [9.17, 15) is 8.60 Å². The van der Waals surface area contributed by atoms with Crippen molar-refractivity contribution in [2.45, 2.75) is 31.2 Å². The number of halogens is 2. The highest BCUT2D eigenvalue weighted by atomic mass is 35.5. The monoisotopic (exact) mass is 381 g/mol. The van der Waals surface area contributed by atoms with Gasteiger partial charge in [-0.15, -0.1) is 0 Å². The van der Waals surface area contributed by atoms with E-state index in [4.69, 9.17) is 11.6 Å². The zero-order valence-corrected chi connectivity index (χ0v) is 15.7. The lowest BCUT2D eigenvalue weighted by atomic mass is 10.2. The van der Waals surface area contributed by atoms with Crippen LogP contribution in [0.1, 0.15) is 25.3 Å². The summed E-state index contributed by atoms with van der Waals surface area (Å²) in [6.45, 7) is 4.68. The van der Waals surface area contributed by atoms with Crippen LogP contribution in [0.3, 0.4) is 0 Å². The van der Waals surface area contributed by atoms with Crippen molar-refractivity contribution in [3.8, 4) is 0 Å². The summed E-state index contributed by atoms with van der Waals surface area (Å²) in [5.41, 5.74) is 0.908. The molecule has 1 aromatic carbocycles. The van der Waals surface area contributed by atoms with E-state index in [0.717, 1.165) is 24.9 Å². The van der Waals surface area contributed by atoms with E-state index in [1.165, 1.54) is 12.3 Å². The predicted molar refractivity (Wildman–Crippen MR) is 99.6 cm³/mol. The molecule has 25 heavy (non-hydrogen) atoms. The van der Waals surface area contributed by atoms with Gasteiger partial charge in [0.15, 0.2) is 0 Å². The highest BCUT2D eigenvalue weighted by Gasteiger charge is 2.27. The van der Waals surface area contributed by atoms with Gasteiger partial charge in [0.2, 0.25) is 0 Å². The molecule has 3 rings (SSSR count). The van der Waals surface area contributed by atoms with Crippen LogP contribution in [0.15, 0.2) is 41.4 Å². The largest absolute Gasteiger partial charge is 0.354 e. The van der Waals surface area contributed by atoms with Gasteiger partial charge in [0.1, 0.15) is 22.6 Å². The van der Waals surface area contributed by atoms with Crippen molar-refractivity contribution in [3.05, 3.63) is 52.9 Å². The van der Waals surface area contributed by atoms with Gasteiger partial charge in [-0.2, -0.15) is 0 Å². The standard InChI is InChI=1S/C18H21ClFN3OS/c1-2-3-8-22-9-10-23(13-14-6-4-5-7-16(14)19)25(24)17-11-15(20)12-21-18(17)22/h4-7,11-12H,2-3,8-10,13H2,1H3. The number of unbranched alkanes of at least 4 members (excludes halogenated alkanes) is 1. The molecule has 1 atom stereocenters. The lowest BCUT2D eigenvalue weighted by Gasteiger charge is -2.23. The molecular formula is C18H21ClFN3OS. The summed E-state index contributed by atoms with van der Waals surface area (Å²) in [4.78, 5) is 6.76. The summed E-state index contributed by atoms with van der Waals surface area (Å²) < 4.78 is 28.7. The Hall–Kier alpha value is -1.50. The van der Waals surface area contributed by atoms with Gasteiger partial charge >= 0.3 is 0 Å². The topological polar surface area (TPSA) is 36.4 Å². The van der Waals surface area contributed by atoms with Gasteiger partial charge in [0, 0.05) is 31.2 Å². The summed E-state index contributed by atoms with van der Waals surface area (Å²) in [5.74, 6) is 0.150. The van der Waals surface area contributed by atoms with Crippen LogP contribution in [0, 0.1) is 5.82 Å². The van der Waals surface area contributed by atoms with E-state index in [-0.39, 0.29) is 0 Å². The number of pyridine rings is 1. The Morgan fingerprint density at radius 1 is 1.32 bits per heavy atom. The molecule has 0 saturated carbocycles. The fraction of sp³-hybridized carbons (Fsp3) is 0.389. The van der Waals surface area contributed by atoms with Crippen molar-refractivity contribution in [1.29, 1.82) is 0 Å². The molecule has 1 unspecified atom stereocenters. The molecule has 1 aliphatic heterocycles. The van der Waals surface area contributed by atoms with Crippen LogP contribution >= 0.6 is 11.6 Å². The number of aromatic nitrogens is 1. The van der Waals surface area contributed by atoms with Gasteiger partial charge in [-0.05, 0) is 24.1 Å². The molecule has 0 aliphatic carbocycles. The number of benzene rings is 1. The van der Waals surface area contributed by atoms with Crippen LogP contribution in [-0.2, 0) is 17.5 Å². The van der Waals surface area contributed by atoms with Crippen LogP contribution in [-0.4, -0.2) is 33.1 Å². The minimum Gasteiger partial charge on any atom is -0.354 e. The molecule has 0 radical (unpaired) electrons. The molecule has 0 spiro atoms. The average molecular weight is 382 g/mol. The van der Waals surface area contributed by atoms with Gasteiger partial charge in [-0.25, -0.2) is 17.9 Å². The van der Waals surface area contributed by atoms with E-state index in [1.807, 2.05) is 28.6 Å². The van der Waals surface area contributed by atoms with Gasteiger partial charge in [-0.3, -0.25) is 0 Å². The van der Waals surface area contributed by atoms with E-state index in [2.05, 4.69) is 16.8 Å². The minimum absolute atomic E-state index is 0.431. The molecule has 7 heteroatoms. The predicted octanol–water partition coefficient (Wildman–Crippen LogP) is 4.02. The van der Waals surface area contributed by atoms with Gasteiger partial charge < -0.3 is 4.90 Å². The van der Waals surface area contributed by atoms with Crippen LogP contribution < -0.4 is 4.90 Å². The Labute approximate surface area is 155 Å². The highest BCUT2D eigenvalue weighted by Crippen LogP contribution is 2.29. The van der Waals surface area contributed by atoms with Crippen molar-refractivity contribution in [2.24, 2.45) is 0 Å². The molecule has 1 aliphatic rings. The first kappa shape index (κ1) is 18.3. The molecular weight excluding hydrogens is 361 g/mol. The van der Waals surface area contributed by atoms with Crippen molar-refractivity contribution in [1.82, 2.24) is 9.29 Å². The Balaban J connectivity index is 1.91. The minimum atomic E-state index is -1.49. The smallest absolute Gasteiger partial charge is 0.146 e. The van der Waals surface area contributed by atoms with Crippen molar-refractivity contribution < 1.29 is 8.60 Å². The van der Waals surface area contributed by atoms with Crippen LogP contribution in [0.2, 0.25) is 5.02 Å². The first-order chi connectivity index (χ1) is 12.1. The fourth-order valence-electron chi connectivity index (χ4n) is 2.86. The maximum atomic E-state index is 13.7. The third-order valence-corrected chi connectivity index (χ3v) is 6.05. The first-order valence-corrected chi connectivity index (χ1v) is 9.89. The van der Waals surface area contributed by atoms with Crippen molar-refractivity contribution >= 4 is 28.4 Å². The second-order valence-corrected chi connectivity index (χ2v) is 7.88. The van der Waals surface area contributed by atoms with Gasteiger partial charge in [0.25, 0.3) is 0 Å². The lowest BCUT2D eigenvalue weighted by molar-refractivity contribution is 0.447. The van der Waals surface area contributed by atoms with E-state index >= 15 is 0 Å². The molecule has 0 bridgehead atoms. The van der Waals surface area contributed by atoms with Crippen molar-refractivity contribution in [2.75, 3.05) is 24.5 Å². The Morgan fingerprint density at radius 3 is 2.88 bits per heavy atom. The third-order valence-electron chi connectivity index (χ3n) is 4.23. The molecule has 1 aromatic heterocycles. The summed E-state index contributed by atoms with van der Waals surface area (Å²) in [6.07, 6.45) is 3.26. The summed E-state index contributed by atoms with van der Waals surface area (Å²) in [7, 11) is -1.49. The van der Waals surface area contributed by atoms with E-state index in [1.54, 1.807) is 0 Å². The third kappa shape index (κ3) is 4.19. The molecule has 0 saturated heterocycles. The summed E-state index contributed by atoms with van der Waals surface area (Å²) in [5, 5.41) is 0.643. The Morgan fingerprint density at radius 2 is 2.12 bits per heavy atom. The SMILES string of the molecule is CCCCN1CCN(Cc2ccccc2Cl)S(=O)c2cc(F)cnc21. The molecule has 2 aromatic rings. The number of anilines is 1. The fourth-order valence-corrected chi connectivity index (χ4v) is 4.39. The van der Waals surface area contributed by atoms with E-state index in [0.29, 0.717) is 35.4 Å². The molecule has 4 nitrogen and oxygen atoms in total. The quantitative estimate of drug-likeness (QED) is 0.784. The molecule has 0 amide bonds. The van der Waals surface area contributed by atoms with Crippen molar-refractivity contribution in [3.63, 3.8) is 0 Å². The highest BCUT2D eigenvalue weighted by molar-refractivity contribution is 7.82. The lowest BCUT2D eigenvalue weighted by Crippen LogP contribution is -2.33. The molecule has 2 heterocycles. The summed E-state index contributed by atoms with van der Waals surface area (Å²) in [6, 6.07) is 8.85. The Bertz CT molecular complexity index is 774. The van der Waals surface area contributed by atoms with Crippen LogP contribution in [0.4, 0.5) is 10.2 Å². The second-order valence-electron chi connectivity index (χ2n) is 6.02. The van der Waals surface area contributed by atoms with Crippen LogP contribution in [0.5, 0.6) is 0 Å². The maximum Gasteiger partial charge on any atom is 0.146 e. The second kappa shape index (κ2) is 8.25. The number of hydrogen-bond donors (Lipinski definition) is 0. The van der Waals surface area contributed by atoms with Gasteiger partial charge in [-0.1, -0.05) is 43.1 Å². The summed E-state index contributed by atoms with van der Waals surface area (Å²) >= 11 is 6.25. The first-order valence-electron chi connectivity index (χ1n) is 8.41. The number of nitrogens with zero attached hydrogens (tertiary/aromatic N) is 3. The zero-order chi connectivity index (χ0) is 17.8. The molecule has 0 fully saturated rings. The van der Waals surface area contributed by atoms with E-state index < -0.39 is 16.8 Å². The zero-order valence-electron chi connectivity index (χ0n) is 14.1. The number of fused-ring (bicyclic) bond motifs is 1. The number of hydrogen-bond acceptors (Lipinski definition) is 3. The van der Waals surface area contributed by atoms with Crippen LogP contribution in [0.25, 0.3) is 0 Å². The maximum absolute atomic E-state index is 13.7.